The molecule has 6 heteroatoms. The fraction of sp³-hybridized carbons (Fsp3) is 0.417. The van der Waals surface area contributed by atoms with Gasteiger partial charge in [-0.25, -0.2) is 0 Å². The maximum absolute atomic E-state index is 13.1. The summed E-state index contributed by atoms with van der Waals surface area (Å²) in [4.78, 5) is 27.6. The molecule has 0 heterocycles. The summed E-state index contributed by atoms with van der Waals surface area (Å²) in [6.07, 6.45) is 5.53. The summed E-state index contributed by atoms with van der Waals surface area (Å²) < 4.78 is 6.60. The Morgan fingerprint density at radius 1 is 1.10 bits per heavy atom. The van der Waals surface area contributed by atoms with Crippen LogP contribution in [0.2, 0.25) is 0 Å². The van der Waals surface area contributed by atoms with E-state index in [9.17, 15) is 9.59 Å². The summed E-state index contributed by atoms with van der Waals surface area (Å²) in [5.74, 6) is 0.308. The molecular weight excluding hydrogens is 444 g/mol. The minimum absolute atomic E-state index is 0.107. The van der Waals surface area contributed by atoms with Crippen molar-refractivity contribution in [1.82, 2.24) is 10.2 Å². The van der Waals surface area contributed by atoms with Gasteiger partial charge in [0.1, 0.15) is 11.8 Å². The zero-order valence-electron chi connectivity index (χ0n) is 17.4. The van der Waals surface area contributed by atoms with E-state index in [0.717, 1.165) is 35.7 Å². The first-order chi connectivity index (χ1) is 14.5. The zero-order valence-corrected chi connectivity index (χ0v) is 18.9. The van der Waals surface area contributed by atoms with Crippen molar-refractivity contribution in [2.24, 2.45) is 0 Å². The van der Waals surface area contributed by atoms with Crippen molar-refractivity contribution >= 4 is 27.7 Å². The Morgan fingerprint density at radius 2 is 1.83 bits per heavy atom. The highest BCUT2D eigenvalue weighted by atomic mass is 79.9. The minimum Gasteiger partial charge on any atom is -0.484 e. The lowest BCUT2D eigenvalue weighted by Gasteiger charge is -2.31. The van der Waals surface area contributed by atoms with Crippen LogP contribution in [0.15, 0.2) is 59.1 Å². The number of halogens is 1. The molecule has 160 valence electrons. The van der Waals surface area contributed by atoms with E-state index in [1.54, 1.807) is 11.8 Å². The molecule has 30 heavy (non-hydrogen) atoms. The van der Waals surface area contributed by atoms with Crippen molar-refractivity contribution in [1.29, 1.82) is 0 Å². The molecule has 5 nitrogen and oxygen atoms in total. The van der Waals surface area contributed by atoms with Crippen molar-refractivity contribution in [2.75, 3.05) is 6.61 Å². The van der Waals surface area contributed by atoms with Gasteiger partial charge in [-0.15, -0.1) is 0 Å². The van der Waals surface area contributed by atoms with E-state index in [0.29, 0.717) is 12.3 Å². The van der Waals surface area contributed by atoms with Crippen LogP contribution in [-0.2, 0) is 16.1 Å². The molecule has 1 fully saturated rings. The van der Waals surface area contributed by atoms with Crippen LogP contribution in [0.5, 0.6) is 5.75 Å². The molecule has 1 aliphatic rings. The molecule has 0 aliphatic heterocycles. The normalized spacial score (nSPS) is 15.3. The third kappa shape index (κ3) is 6.59. The van der Waals surface area contributed by atoms with Gasteiger partial charge in [0.2, 0.25) is 5.91 Å². The topological polar surface area (TPSA) is 58.6 Å². The molecule has 2 amide bonds. The van der Waals surface area contributed by atoms with Gasteiger partial charge in [0.15, 0.2) is 6.61 Å². The Kier molecular flexibility index (Phi) is 8.31. The van der Waals surface area contributed by atoms with Gasteiger partial charge in [-0.2, -0.15) is 0 Å². The number of ether oxygens (including phenoxy) is 1. The quantitative estimate of drug-likeness (QED) is 0.605. The van der Waals surface area contributed by atoms with Gasteiger partial charge in [-0.3, -0.25) is 9.59 Å². The number of nitrogens with one attached hydrogen (secondary N) is 1. The number of amides is 2. The predicted octanol–water partition coefficient (Wildman–Crippen LogP) is 4.69. The van der Waals surface area contributed by atoms with Gasteiger partial charge >= 0.3 is 0 Å². The third-order valence-electron chi connectivity index (χ3n) is 5.47. The van der Waals surface area contributed by atoms with Crippen LogP contribution in [0.1, 0.15) is 44.6 Å². The Balaban J connectivity index is 1.69. The van der Waals surface area contributed by atoms with Gasteiger partial charge in [0.25, 0.3) is 5.91 Å². The van der Waals surface area contributed by atoms with E-state index < -0.39 is 6.04 Å². The number of carbonyl (C=O) groups is 2. The molecule has 1 atom stereocenters. The Bertz CT molecular complexity index is 837. The maximum Gasteiger partial charge on any atom is 0.261 e. The van der Waals surface area contributed by atoms with E-state index in [1.807, 2.05) is 54.6 Å². The highest BCUT2D eigenvalue weighted by Crippen LogP contribution is 2.19. The largest absolute Gasteiger partial charge is 0.484 e. The fourth-order valence-corrected chi connectivity index (χ4v) is 4.17. The summed E-state index contributed by atoms with van der Waals surface area (Å²) in [5.41, 5.74) is 0.953. The van der Waals surface area contributed by atoms with Crippen LogP contribution in [0.3, 0.4) is 0 Å². The predicted molar refractivity (Wildman–Crippen MR) is 121 cm³/mol. The Hall–Kier alpha value is -2.34. The summed E-state index contributed by atoms with van der Waals surface area (Å²) in [5, 5.41) is 3.14. The van der Waals surface area contributed by atoms with Gasteiger partial charge in [0.05, 0.1) is 0 Å². The van der Waals surface area contributed by atoms with Gasteiger partial charge in [-0.1, -0.05) is 65.5 Å². The van der Waals surface area contributed by atoms with Crippen molar-refractivity contribution < 1.29 is 14.3 Å². The van der Waals surface area contributed by atoms with Gasteiger partial charge < -0.3 is 15.0 Å². The second-order valence-electron chi connectivity index (χ2n) is 7.77. The lowest BCUT2D eigenvalue weighted by Crippen LogP contribution is -2.51. The maximum atomic E-state index is 13.1. The number of hydrogen-bond donors (Lipinski definition) is 1. The molecule has 1 saturated carbocycles. The fourth-order valence-electron chi connectivity index (χ4n) is 3.73. The first-order valence-corrected chi connectivity index (χ1v) is 11.3. The average Bonchev–Trinajstić information content (AvgIpc) is 2.77. The van der Waals surface area contributed by atoms with Crippen LogP contribution < -0.4 is 10.1 Å². The highest BCUT2D eigenvalue weighted by Gasteiger charge is 2.28. The molecule has 2 aromatic rings. The molecule has 2 aromatic carbocycles. The van der Waals surface area contributed by atoms with Gasteiger partial charge in [0, 0.05) is 17.1 Å². The molecular formula is C24H29BrN2O3. The average molecular weight is 473 g/mol. The highest BCUT2D eigenvalue weighted by molar-refractivity contribution is 9.10. The van der Waals surface area contributed by atoms with E-state index >= 15 is 0 Å². The standard InChI is InChI=1S/C24H29BrN2O3/c1-18(24(29)26-21-11-4-2-5-12-21)27(16-19-9-8-10-20(25)15-19)23(28)17-30-22-13-6-3-7-14-22/h3,6-10,13-15,18,21H,2,4-5,11-12,16-17H2,1H3,(H,26,29). The minimum atomic E-state index is -0.585. The summed E-state index contributed by atoms with van der Waals surface area (Å²) in [6, 6.07) is 16.6. The lowest BCUT2D eigenvalue weighted by atomic mass is 9.95. The molecule has 1 unspecified atom stereocenters. The van der Waals surface area contributed by atoms with E-state index in [-0.39, 0.29) is 24.5 Å². The molecule has 3 rings (SSSR count). The second kappa shape index (κ2) is 11.2. The van der Waals surface area contributed by atoms with Crippen molar-refractivity contribution in [3.8, 4) is 5.75 Å². The number of nitrogens with zero attached hydrogens (tertiary/aromatic N) is 1. The second-order valence-corrected chi connectivity index (χ2v) is 8.69. The molecule has 1 N–H and O–H groups in total. The third-order valence-corrected chi connectivity index (χ3v) is 5.96. The van der Waals surface area contributed by atoms with E-state index in [2.05, 4.69) is 21.2 Å². The number of para-hydroxylation sites is 1. The SMILES string of the molecule is CC(C(=O)NC1CCCCC1)N(Cc1cccc(Br)c1)C(=O)COc1ccccc1. The molecule has 0 saturated heterocycles. The number of hydrogen-bond acceptors (Lipinski definition) is 3. The van der Waals surface area contributed by atoms with Crippen LogP contribution in [0, 0.1) is 0 Å². The van der Waals surface area contributed by atoms with Crippen molar-refractivity contribution in [3.63, 3.8) is 0 Å². The van der Waals surface area contributed by atoms with Crippen molar-refractivity contribution in [2.45, 2.75) is 57.7 Å². The monoisotopic (exact) mass is 472 g/mol. The van der Waals surface area contributed by atoms with Crippen LogP contribution in [0.4, 0.5) is 0 Å². The first-order valence-electron chi connectivity index (χ1n) is 10.5. The summed E-state index contributed by atoms with van der Waals surface area (Å²) >= 11 is 3.47. The molecule has 0 radical (unpaired) electrons. The van der Waals surface area contributed by atoms with Crippen LogP contribution >= 0.6 is 15.9 Å². The smallest absolute Gasteiger partial charge is 0.261 e. The number of benzene rings is 2. The summed E-state index contributed by atoms with van der Waals surface area (Å²) in [7, 11) is 0. The summed E-state index contributed by atoms with van der Waals surface area (Å²) in [6.45, 7) is 2.02. The van der Waals surface area contributed by atoms with Crippen LogP contribution in [0.25, 0.3) is 0 Å². The van der Waals surface area contributed by atoms with Crippen LogP contribution in [-0.4, -0.2) is 35.4 Å². The lowest BCUT2D eigenvalue weighted by molar-refractivity contribution is -0.142. The number of rotatable bonds is 8. The molecule has 0 aromatic heterocycles. The molecule has 1 aliphatic carbocycles. The van der Waals surface area contributed by atoms with E-state index in [1.165, 1.54) is 6.42 Å². The van der Waals surface area contributed by atoms with Crippen molar-refractivity contribution in [3.05, 3.63) is 64.6 Å². The van der Waals surface area contributed by atoms with E-state index in [4.69, 9.17) is 4.74 Å². The number of carbonyl (C=O) groups excluding carboxylic acids is 2. The molecule has 0 spiro atoms. The first kappa shape index (κ1) is 22.3. The van der Waals surface area contributed by atoms with Gasteiger partial charge in [-0.05, 0) is 49.6 Å². The zero-order chi connectivity index (χ0) is 21.3. The molecule has 0 bridgehead atoms. The Labute approximate surface area is 186 Å². The Morgan fingerprint density at radius 3 is 2.53 bits per heavy atom.